The summed E-state index contributed by atoms with van der Waals surface area (Å²) in [6.45, 7) is 5.67. The molecule has 0 atom stereocenters. The molecule has 0 radical (unpaired) electrons. The van der Waals surface area contributed by atoms with Crippen molar-refractivity contribution in [2.45, 2.75) is 77.8 Å². The number of imidazole rings is 1. The summed E-state index contributed by atoms with van der Waals surface area (Å²) in [5, 5.41) is 3.67. The molecule has 0 unspecified atom stereocenters. The Morgan fingerprint density at radius 2 is 1.95 bits per heavy atom. The molecule has 3 nitrogen and oxygen atoms in total. The summed E-state index contributed by atoms with van der Waals surface area (Å²) in [6, 6.07) is 0.650. The summed E-state index contributed by atoms with van der Waals surface area (Å²) in [5.74, 6) is 1.11. The first kappa shape index (κ1) is 13.0. The van der Waals surface area contributed by atoms with Crippen LogP contribution in [0.5, 0.6) is 0 Å². The third kappa shape index (κ3) is 2.96. The first-order valence-corrected chi connectivity index (χ1v) is 7.95. The average molecular weight is 261 g/mol. The summed E-state index contributed by atoms with van der Waals surface area (Å²) >= 11 is 0. The van der Waals surface area contributed by atoms with Gasteiger partial charge in [0.25, 0.3) is 0 Å². The third-order valence-electron chi connectivity index (χ3n) is 4.95. The molecular weight excluding hydrogens is 234 g/mol. The maximum Gasteiger partial charge on any atom is 0.203 e. The lowest BCUT2D eigenvalue weighted by Gasteiger charge is -2.25. The van der Waals surface area contributed by atoms with Crippen molar-refractivity contribution < 1.29 is 0 Å². The van der Waals surface area contributed by atoms with Crippen LogP contribution in [0, 0.1) is 12.3 Å². The van der Waals surface area contributed by atoms with Crippen molar-refractivity contribution in [2.24, 2.45) is 5.41 Å². The van der Waals surface area contributed by atoms with Gasteiger partial charge in [-0.05, 0) is 38.0 Å². The summed E-state index contributed by atoms with van der Waals surface area (Å²) in [5.41, 5.74) is 1.63. The van der Waals surface area contributed by atoms with Crippen molar-refractivity contribution in [3.63, 3.8) is 0 Å². The van der Waals surface area contributed by atoms with Crippen LogP contribution in [0.1, 0.15) is 64.0 Å². The average Bonchev–Trinajstić information content (AvgIpc) is 3.05. The molecule has 0 saturated heterocycles. The standard InChI is InChI=1S/C16H27N3/c1-13-11-19(12-16(2)9-5-6-10-16)15(17-13)18-14-7-3-4-8-14/h11,14H,3-10,12H2,1-2H3,(H,17,18). The van der Waals surface area contributed by atoms with E-state index in [4.69, 9.17) is 4.98 Å². The number of hydrogen-bond donors (Lipinski definition) is 1. The smallest absolute Gasteiger partial charge is 0.203 e. The summed E-state index contributed by atoms with van der Waals surface area (Å²) in [7, 11) is 0. The molecule has 3 rings (SSSR count). The normalized spacial score (nSPS) is 23.1. The Hall–Kier alpha value is -0.990. The van der Waals surface area contributed by atoms with Crippen LogP contribution in [-0.4, -0.2) is 15.6 Å². The predicted molar refractivity (Wildman–Crippen MR) is 79.4 cm³/mol. The van der Waals surface area contributed by atoms with Crippen LogP contribution in [-0.2, 0) is 6.54 Å². The van der Waals surface area contributed by atoms with E-state index in [2.05, 4.69) is 29.9 Å². The molecule has 0 bridgehead atoms. The molecule has 1 N–H and O–H groups in total. The molecule has 0 amide bonds. The topological polar surface area (TPSA) is 29.9 Å². The molecule has 2 fully saturated rings. The molecule has 1 heterocycles. The van der Waals surface area contributed by atoms with Gasteiger partial charge in [-0.2, -0.15) is 0 Å². The van der Waals surface area contributed by atoms with Gasteiger partial charge in [-0.25, -0.2) is 4.98 Å². The molecule has 3 heteroatoms. The van der Waals surface area contributed by atoms with E-state index < -0.39 is 0 Å². The maximum absolute atomic E-state index is 4.70. The van der Waals surface area contributed by atoms with Crippen LogP contribution in [0.3, 0.4) is 0 Å². The summed E-state index contributed by atoms with van der Waals surface area (Å²) in [4.78, 5) is 4.70. The molecular formula is C16H27N3. The fraction of sp³-hybridized carbons (Fsp3) is 0.812. The highest BCUT2D eigenvalue weighted by Crippen LogP contribution is 2.39. The molecule has 0 spiro atoms. The second-order valence-electron chi connectivity index (χ2n) is 6.98. The van der Waals surface area contributed by atoms with Gasteiger partial charge < -0.3 is 9.88 Å². The highest BCUT2D eigenvalue weighted by atomic mass is 15.2. The minimum Gasteiger partial charge on any atom is -0.353 e. The highest BCUT2D eigenvalue weighted by Gasteiger charge is 2.30. The quantitative estimate of drug-likeness (QED) is 0.883. The lowest BCUT2D eigenvalue weighted by molar-refractivity contribution is 0.283. The number of aromatic nitrogens is 2. The SMILES string of the molecule is Cc1cn(CC2(C)CCCC2)c(NC2CCCC2)n1. The zero-order valence-corrected chi connectivity index (χ0v) is 12.4. The Morgan fingerprint density at radius 3 is 2.63 bits per heavy atom. The van der Waals surface area contributed by atoms with E-state index in [-0.39, 0.29) is 0 Å². The van der Waals surface area contributed by atoms with Gasteiger partial charge in [-0.15, -0.1) is 0 Å². The van der Waals surface area contributed by atoms with Gasteiger partial charge in [-0.1, -0.05) is 32.6 Å². The fourth-order valence-electron chi connectivity index (χ4n) is 3.83. The molecule has 2 aliphatic carbocycles. The molecule has 2 saturated carbocycles. The van der Waals surface area contributed by atoms with Crippen molar-refractivity contribution in [3.8, 4) is 0 Å². The van der Waals surface area contributed by atoms with E-state index in [1.807, 2.05) is 0 Å². The van der Waals surface area contributed by atoms with Gasteiger partial charge in [0.05, 0.1) is 5.69 Å². The number of nitrogens with zero attached hydrogens (tertiary/aromatic N) is 2. The Kier molecular flexibility index (Phi) is 3.55. The predicted octanol–water partition coefficient (Wildman–Crippen LogP) is 4.13. The van der Waals surface area contributed by atoms with E-state index >= 15 is 0 Å². The van der Waals surface area contributed by atoms with Crippen LogP contribution in [0.2, 0.25) is 0 Å². The minimum absolute atomic E-state index is 0.485. The van der Waals surface area contributed by atoms with Crippen molar-refractivity contribution in [3.05, 3.63) is 11.9 Å². The Balaban J connectivity index is 1.72. The van der Waals surface area contributed by atoms with Gasteiger partial charge >= 0.3 is 0 Å². The monoisotopic (exact) mass is 261 g/mol. The number of hydrogen-bond acceptors (Lipinski definition) is 2. The summed E-state index contributed by atoms with van der Waals surface area (Å²) in [6.07, 6.45) is 13.1. The van der Waals surface area contributed by atoms with E-state index in [1.54, 1.807) is 0 Å². The van der Waals surface area contributed by atoms with Crippen LogP contribution in [0.15, 0.2) is 6.20 Å². The van der Waals surface area contributed by atoms with Crippen LogP contribution < -0.4 is 5.32 Å². The Morgan fingerprint density at radius 1 is 1.26 bits per heavy atom. The van der Waals surface area contributed by atoms with E-state index in [9.17, 15) is 0 Å². The van der Waals surface area contributed by atoms with Crippen LogP contribution in [0.25, 0.3) is 0 Å². The summed E-state index contributed by atoms with van der Waals surface area (Å²) < 4.78 is 2.37. The number of nitrogens with one attached hydrogen (secondary N) is 1. The molecule has 19 heavy (non-hydrogen) atoms. The number of anilines is 1. The van der Waals surface area contributed by atoms with E-state index in [1.165, 1.54) is 51.4 Å². The van der Waals surface area contributed by atoms with Crippen LogP contribution >= 0.6 is 0 Å². The minimum atomic E-state index is 0.485. The first-order chi connectivity index (χ1) is 9.15. The fourth-order valence-corrected chi connectivity index (χ4v) is 3.83. The second kappa shape index (κ2) is 5.18. The van der Waals surface area contributed by atoms with Gasteiger partial charge in [0.15, 0.2) is 0 Å². The van der Waals surface area contributed by atoms with Gasteiger partial charge in [0.1, 0.15) is 0 Å². The van der Waals surface area contributed by atoms with E-state index in [0.717, 1.165) is 18.2 Å². The largest absolute Gasteiger partial charge is 0.353 e. The van der Waals surface area contributed by atoms with Gasteiger partial charge in [0.2, 0.25) is 5.95 Å². The van der Waals surface area contributed by atoms with Crippen LogP contribution in [0.4, 0.5) is 5.95 Å². The Bertz CT molecular complexity index is 423. The molecule has 2 aliphatic rings. The first-order valence-electron chi connectivity index (χ1n) is 7.95. The van der Waals surface area contributed by atoms with Gasteiger partial charge in [-0.3, -0.25) is 0 Å². The number of rotatable bonds is 4. The third-order valence-corrected chi connectivity index (χ3v) is 4.95. The van der Waals surface area contributed by atoms with Crippen molar-refractivity contribution in [1.29, 1.82) is 0 Å². The van der Waals surface area contributed by atoms with Crippen molar-refractivity contribution in [1.82, 2.24) is 9.55 Å². The lowest BCUT2D eigenvalue weighted by atomic mass is 9.89. The zero-order chi connectivity index (χ0) is 13.3. The Labute approximate surface area is 116 Å². The lowest BCUT2D eigenvalue weighted by Crippen LogP contribution is -2.23. The molecule has 0 aliphatic heterocycles. The van der Waals surface area contributed by atoms with Crippen molar-refractivity contribution >= 4 is 5.95 Å². The van der Waals surface area contributed by atoms with Gasteiger partial charge in [0, 0.05) is 18.8 Å². The molecule has 1 aromatic rings. The van der Waals surface area contributed by atoms with Crippen molar-refractivity contribution in [2.75, 3.05) is 5.32 Å². The number of aryl methyl sites for hydroxylation is 1. The molecule has 106 valence electrons. The maximum atomic E-state index is 4.70. The zero-order valence-electron chi connectivity index (χ0n) is 12.4. The highest BCUT2D eigenvalue weighted by molar-refractivity contribution is 5.30. The second-order valence-corrected chi connectivity index (χ2v) is 6.98. The van der Waals surface area contributed by atoms with E-state index in [0.29, 0.717) is 11.5 Å². The molecule has 0 aromatic carbocycles. The molecule has 1 aromatic heterocycles.